The molecule has 0 unspecified atom stereocenters. The fourth-order valence-electron chi connectivity index (χ4n) is 9.63. The lowest BCUT2D eigenvalue weighted by Gasteiger charge is -2.24. The standard InChI is InChI=1S/C53H36BN3O2S/c1-53(2,3)30-17-19-31(20-18-30)55-41-27-49-39(33-14-8-10-16-48(33)60-49)23-36(41)34-21-22-35-37-25-46-38(32-13-7-9-15-45(32)58-46)24-43(37)57-44-28-47-42(26-40(44)54-50(34)51(35)57)56-52(59-47)29-11-5-4-6-12-29/h4-28,54-55H,1-3H3. The number of rotatable bonds is 4. The van der Waals surface area contributed by atoms with Crippen molar-refractivity contribution >= 4 is 116 Å². The first kappa shape index (κ1) is 33.8. The number of oxazole rings is 1. The van der Waals surface area contributed by atoms with Gasteiger partial charge in [0, 0.05) is 81.5 Å². The predicted octanol–water partition coefficient (Wildman–Crippen LogP) is 13.3. The molecule has 1 N–H and O–H groups in total. The van der Waals surface area contributed by atoms with Crippen LogP contribution >= 0.6 is 11.3 Å². The van der Waals surface area contributed by atoms with E-state index in [1.807, 2.05) is 47.7 Å². The van der Waals surface area contributed by atoms with Crippen molar-refractivity contribution in [3.8, 4) is 28.3 Å². The summed E-state index contributed by atoms with van der Waals surface area (Å²) < 4.78 is 18.0. The highest BCUT2D eigenvalue weighted by atomic mass is 32.1. The lowest BCUT2D eigenvalue weighted by Crippen LogP contribution is -2.37. The summed E-state index contributed by atoms with van der Waals surface area (Å²) in [5.74, 6) is 0.628. The topological polar surface area (TPSA) is 56.1 Å². The van der Waals surface area contributed by atoms with Crippen molar-refractivity contribution in [3.05, 3.63) is 157 Å². The summed E-state index contributed by atoms with van der Waals surface area (Å²) in [6, 6.07) is 54.7. The summed E-state index contributed by atoms with van der Waals surface area (Å²) >= 11 is 1.85. The average Bonchev–Trinajstić information content (AvgIpc) is 4.03. The SMILES string of the molecule is CC(C)(C)c1ccc(Nc2cc3sc4ccccc4c3cc2-c2ccc3c4cc5oc6ccccc6c5cc4n4c3c2Bc2cc3nc(-c5ccccc5)oc3cc2-4)cc1. The lowest BCUT2D eigenvalue weighted by molar-refractivity contribution is 0.590. The molecule has 0 aliphatic carbocycles. The summed E-state index contributed by atoms with van der Waals surface area (Å²) in [5.41, 5.74) is 16.3. The summed E-state index contributed by atoms with van der Waals surface area (Å²) in [7, 11) is 0.739. The number of nitrogens with zero attached hydrogens (tertiary/aromatic N) is 2. The van der Waals surface area contributed by atoms with E-state index in [1.54, 1.807) is 0 Å². The monoisotopic (exact) mass is 789 g/mol. The van der Waals surface area contributed by atoms with Crippen molar-refractivity contribution in [2.24, 2.45) is 0 Å². The second-order valence-corrected chi connectivity index (χ2v) is 18.3. The Morgan fingerprint density at radius 3 is 2.25 bits per heavy atom. The number of benzene rings is 8. The molecule has 4 aromatic heterocycles. The van der Waals surface area contributed by atoms with Crippen LogP contribution in [0.2, 0.25) is 0 Å². The zero-order valence-electron chi connectivity index (χ0n) is 33.3. The van der Waals surface area contributed by atoms with Gasteiger partial charge in [0.25, 0.3) is 0 Å². The van der Waals surface area contributed by atoms with Crippen LogP contribution in [-0.4, -0.2) is 16.8 Å². The molecule has 0 saturated heterocycles. The van der Waals surface area contributed by atoms with E-state index in [0.29, 0.717) is 5.89 Å². The van der Waals surface area contributed by atoms with Crippen molar-refractivity contribution < 1.29 is 8.83 Å². The van der Waals surface area contributed by atoms with Gasteiger partial charge in [-0.3, -0.25) is 0 Å². The molecule has 12 aromatic rings. The molecule has 0 amide bonds. The van der Waals surface area contributed by atoms with Gasteiger partial charge in [0.15, 0.2) is 12.9 Å². The zero-order valence-corrected chi connectivity index (χ0v) is 34.1. The minimum Gasteiger partial charge on any atom is -0.456 e. The third-order valence-electron chi connectivity index (χ3n) is 12.6. The fourth-order valence-corrected chi connectivity index (χ4v) is 10.8. The van der Waals surface area contributed by atoms with Crippen molar-refractivity contribution in [2.45, 2.75) is 26.2 Å². The van der Waals surface area contributed by atoms with E-state index in [4.69, 9.17) is 13.8 Å². The second-order valence-electron chi connectivity index (χ2n) is 17.2. The van der Waals surface area contributed by atoms with Crippen molar-refractivity contribution in [1.29, 1.82) is 0 Å². The molecule has 1 aliphatic heterocycles. The van der Waals surface area contributed by atoms with Crippen LogP contribution in [-0.2, 0) is 5.41 Å². The van der Waals surface area contributed by atoms with E-state index in [0.717, 1.165) is 73.8 Å². The maximum atomic E-state index is 6.52. The number of thiophene rings is 1. The van der Waals surface area contributed by atoms with Gasteiger partial charge < -0.3 is 18.7 Å². The van der Waals surface area contributed by atoms with Gasteiger partial charge in [-0.2, -0.15) is 0 Å². The Hall–Kier alpha value is -7.09. The Morgan fingerprint density at radius 2 is 1.40 bits per heavy atom. The summed E-state index contributed by atoms with van der Waals surface area (Å²) in [6.45, 7) is 6.78. The number of aromatic nitrogens is 2. The first-order valence-electron chi connectivity index (χ1n) is 20.6. The van der Waals surface area contributed by atoms with Crippen molar-refractivity contribution in [1.82, 2.24) is 9.55 Å². The fraction of sp³-hybridized carbons (Fsp3) is 0.0755. The highest BCUT2D eigenvalue weighted by Gasteiger charge is 2.29. The molecular weight excluding hydrogens is 753 g/mol. The van der Waals surface area contributed by atoms with Crippen LogP contribution in [0.3, 0.4) is 0 Å². The molecule has 0 bridgehead atoms. The molecule has 60 heavy (non-hydrogen) atoms. The van der Waals surface area contributed by atoms with Gasteiger partial charge >= 0.3 is 0 Å². The number of nitrogens with one attached hydrogen (secondary N) is 1. The zero-order chi connectivity index (χ0) is 39.9. The van der Waals surface area contributed by atoms with Crippen LogP contribution in [0.4, 0.5) is 11.4 Å². The van der Waals surface area contributed by atoms with E-state index in [1.165, 1.54) is 58.7 Å². The number of hydrogen-bond donors (Lipinski definition) is 1. The molecular formula is C53H36BN3O2S. The van der Waals surface area contributed by atoms with E-state index in [9.17, 15) is 0 Å². The molecule has 0 atom stereocenters. The lowest BCUT2D eigenvalue weighted by atomic mass is 9.59. The van der Waals surface area contributed by atoms with E-state index in [2.05, 4.69) is 146 Å². The highest BCUT2D eigenvalue weighted by molar-refractivity contribution is 7.25. The normalized spacial score (nSPS) is 12.7. The molecule has 1 aliphatic rings. The summed E-state index contributed by atoms with van der Waals surface area (Å²) in [6.07, 6.45) is 0. The number of furan rings is 1. The number of para-hydroxylation sites is 1. The van der Waals surface area contributed by atoms with Crippen LogP contribution < -0.4 is 16.2 Å². The molecule has 5 nitrogen and oxygen atoms in total. The molecule has 0 fully saturated rings. The second kappa shape index (κ2) is 12.2. The Balaban J connectivity index is 1.09. The molecule has 0 saturated carbocycles. The van der Waals surface area contributed by atoms with Gasteiger partial charge in [-0.15, -0.1) is 11.3 Å². The number of fused-ring (bicyclic) bond motifs is 12. The Kier molecular flexibility index (Phi) is 6.90. The highest BCUT2D eigenvalue weighted by Crippen LogP contribution is 2.44. The number of anilines is 2. The molecule has 8 aromatic carbocycles. The van der Waals surface area contributed by atoms with Gasteiger partial charge in [0.05, 0.1) is 5.52 Å². The molecule has 7 heteroatoms. The first-order chi connectivity index (χ1) is 29.3. The van der Waals surface area contributed by atoms with Crippen LogP contribution in [0.1, 0.15) is 26.3 Å². The maximum absolute atomic E-state index is 6.52. The summed E-state index contributed by atoms with van der Waals surface area (Å²) in [4.78, 5) is 5.04. The Labute approximate surface area is 349 Å². The first-order valence-corrected chi connectivity index (χ1v) is 21.4. The quantitative estimate of drug-likeness (QED) is 0.180. The van der Waals surface area contributed by atoms with Crippen molar-refractivity contribution in [3.63, 3.8) is 0 Å². The molecule has 0 radical (unpaired) electrons. The summed E-state index contributed by atoms with van der Waals surface area (Å²) in [5, 5.41) is 11.1. The molecule has 0 spiro atoms. The van der Waals surface area contributed by atoms with Gasteiger partial charge in [-0.05, 0) is 88.7 Å². The van der Waals surface area contributed by atoms with Gasteiger partial charge in [-0.25, -0.2) is 4.98 Å². The predicted molar refractivity (Wildman–Crippen MR) is 254 cm³/mol. The van der Waals surface area contributed by atoms with Crippen LogP contribution in [0.5, 0.6) is 0 Å². The number of hydrogen-bond acceptors (Lipinski definition) is 5. The third kappa shape index (κ3) is 4.96. The van der Waals surface area contributed by atoms with Crippen LogP contribution in [0.15, 0.2) is 160 Å². The van der Waals surface area contributed by atoms with Gasteiger partial charge in [-0.1, -0.05) is 105 Å². The smallest absolute Gasteiger partial charge is 0.227 e. The minimum absolute atomic E-state index is 0.0722. The van der Waals surface area contributed by atoms with Crippen molar-refractivity contribution in [2.75, 3.05) is 5.32 Å². The minimum atomic E-state index is 0.0722. The Bertz CT molecular complexity index is 3750. The Morgan fingerprint density at radius 1 is 0.600 bits per heavy atom. The maximum Gasteiger partial charge on any atom is 0.227 e. The molecule has 13 rings (SSSR count). The largest absolute Gasteiger partial charge is 0.456 e. The van der Waals surface area contributed by atoms with E-state index in [-0.39, 0.29) is 5.41 Å². The van der Waals surface area contributed by atoms with Gasteiger partial charge in [0.2, 0.25) is 5.89 Å². The van der Waals surface area contributed by atoms with E-state index < -0.39 is 0 Å². The molecule has 284 valence electrons. The van der Waals surface area contributed by atoms with Gasteiger partial charge in [0.1, 0.15) is 16.7 Å². The third-order valence-corrected chi connectivity index (χ3v) is 13.7. The van der Waals surface area contributed by atoms with Crippen LogP contribution in [0, 0.1) is 0 Å². The van der Waals surface area contributed by atoms with Crippen LogP contribution in [0.25, 0.3) is 103 Å². The van der Waals surface area contributed by atoms with E-state index >= 15 is 0 Å². The average molecular weight is 790 g/mol. The molecule has 5 heterocycles.